The Morgan fingerprint density at radius 1 is 1.26 bits per heavy atom. The summed E-state index contributed by atoms with van der Waals surface area (Å²) >= 11 is 5.07. The quantitative estimate of drug-likeness (QED) is 0.740. The number of aliphatic imine (C=N–C) groups is 1. The maximum Gasteiger partial charge on any atom is 0.134 e. The van der Waals surface area contributed by atoms with E-state index in [1.165, 1.54) is 16.9 Å². The van der Waals surface area contributed by atoms with Crippen molar-refractivity contribution in [2.45, 2.75) is 19.3 Å². The summed E-state index contributed by atoms with van der Waals surface area (Å²) in [5.41, 5.74) is 3.06. The van der Waals surface area contributed by atoms with Gasteiger partial charge in [-0.2, -0.15) is 5.26 Å². The fraction of sp³-hybridized carbons (Fsp3) is 0.200. The van der Waals surface area contributed by atoms with E-state index in [1.807, 2.05) is 30.5 Å². The topological polar surface area (TPSA) is 36.1 Å². The molecule has 0 fully saturated rings. The van der Waals surface area contributed by atoms with Gasteiger partial charge in [0.1, 0.15) is 11.1 Å². The van der Waals surface area contributed by atoms with Gasteiger partial charge in [-0.25, -0.2) is 4.99 Å². The zero-order valence-corrected chi connectivity index (χ0v) is 12.6. The maximum atomic E-state index is 9.28. The van der Waals surface area contributed by atoms with E-state index in [0.717, 1.165) is 33.4 Å². The van der Waals surface area contributed by atoms with Crippen LogP contribution >= 0.6 is 27.3 Å². The summed E-state index contributed by atoms with van der Waals surface area (Å²) in [6, 6.07) is 10.3. The van der Waals surface area contributed by atoms with E-state index in [9.17, 15) is 5.26 Å². The van der Waals surface area contributed by atoms with E-state index in [0.29, 0.717) is 0 Å². The molecule has 19 heavy (non-hydrogen) atoms. The van der Waals surface area contributed by atoms with Crippen molar-refractivity contribution in [2.75, 3.05) is 0 Å². The first-order valence-electron chi connectivity index (χ1n) is 6.12. The van der Waals surface area contributed by atoms with Gasteiger partial charge in [-0.15, -0.1) is 11.3 Å². The molecule has 94 valence electrons. The van der Waals surface area contributed by atoms with Gasteiger partial charge in [0.25, 0.3) is 0 Å². The monoisotopic (exact) mass is 330 g/mol. The summed E-state index contributed by atoms with van der Waals surface area (Å²) in [6.45, 7) is 0. The maximum absolute atomic E-state index is 9.28. The summed E-state index contributed by atoms with van der Waals surface area (Å²) in [7, 11) is 0. The Labute approximate surface area is 124 Å². The Morgan fingerprint density at radius 2 is 2.05 bits per heavy atom. The van der Waals surface area contributed by atoms with Crippen molar-refractivity contribution >= 4 is 38.5 Å². The number of thiophene rings is 1. The van der Waals surface area contributed by atoms with Gasteiger partial charge in [-0.05, 0) is 42.5 Å². The molecular formula is C15H11BrN2S. The van der Waals surface area contributed by atoms with Crippen molar-refractivity contribution in [3.05, 3.63) is 50.3 Å². The van der Waals surface area contributed by atoms with Gasteiger partial charge in [0.15, 0.2) is 0 Å². The van der Waals surface area contributed by atoms with Crippen LogP contribution in [0.4, 0.5) is 5.00 Å². The third-order valence-corrected chi connectivity index (χ3v) is 4.94. The Balaban J connectivity index is 1.92. The minimum atomic E-state index is 0.783. The average Bonchev–Trinajstić information content (AvgIpc) is 2.98. The minimum absolute atomic E-state index is 0.783. The number of fused-ring (bicyclic) bond motifs is 1. The minimum Gasteiger partial charge on any atom is -0.244 e. The lowest BCUT2D eigenvalue weighted by Crippen LogP contribution is -1.81. The molecule has 0 atom stereocenters. The zero-order valence-electron chi connectivity index (χ0n) is 10.2. The fourth-order valence-electron chi connectivity index (χ4n) is 2.28. The van der Waals surface area contributed by atoms with Crippen LogP contribution in [0.25, 0.3) is 0 Å². The molecule has 0 bridgehead atoms. The van der Waals surface area contributed by atoms with E-state index < -0.39 is 0 Å². The van der Waals surface area contributed by atoms with Gasteiger partial charge in [-0.3, -0.25) is 0 Å². The Bertz CT molecular complexity index is 677. The summed E-state index contributed by atoms with van der Waals surface area (Å²) in [5.74, 6) is 0. The van der Waals surface area contributed by atoms with E-state index in [2.05, 4.69) is 27.0 Å². The number of nitriles is 1. The smallest absolute Gasteiger partial charge is 0.134 e. The van der Waals surface area contributed by atoms with E-state index in [-0.39, 0.29) is 0 Å². The molecule has 0 amide bonds. The van der Waals surface area contributed by atoms with Crippen molar-refractivity contribution in [1.82, 2.24) is 0 Å². The second kappa shape index (κ2) is 5.28. The fourth-order valence-corrected chi connectivity index (χ4v) is 3.73. The molecule has 0 spiro atoms. The molecule has 1 aromatic heterocycles. The first-order valence-corrected chi connectivity index (χ1v) is 7.73. The van der Waals surface area contributed by atoms with Crippen molar-refractivity contribution in [3.63, 3.8) is 0 Å². The van der Waals surface area contributed by atoms with Crippen LogP contribution in [0.3, 0.4) is 0 Å². The van der Waals surface area contributed by atoms with Crippen LogP contribution in [0.5, 0.6) is 0 Å². The molecule has 1 aliphatic carbocycles. The lowest BCUT2D eigenvalue weighted by molar-refractivity contribution is 0.913. The van der Waals surface area contributed by atoms with Crippen LogP contribution < -0.4 is 0 Å². The average molecular weight is 331 g/mol. The molecule has 0 saturated carbocycles. The first-order chi connectivity index (χ1) is 9.28. The number of aryl methyl sites for hydroxylation is 1. The van der Waals surface area contributed by atoms with Crippen molar-refractivity contribution in [2.24, 2.45) is 4.99 Å². The molecule has 0 N–H and O–H groups in total. The van der Waals surface area contributed by atoms with Crippen LogP contribution in [0.2, 0.25) is 0 Å². The van der Waals surface area contributed by atoms with Gasteiger partial charge in [0.2, 0.25) is 0 Å². The first kappa shape index (κ1) is 12.6. The van der Waals surface area contributed by atoms with Crippen LogP contribution in [-0.2, 0) is 12.8 Å². The molecule has 0 radical (unpaired) electrons. The Morgan fingerprint density at radius 3 is 2.79 bits per heavy atom. The number of benzene rings is 1. The molecule has 2 nitrogen and oxygen atoms in total. The highest BCUT2D eigenvalue weighted by Gasteiger charge is 2.21. The Kier molecular flexibility index (Phi) is 3.50. The number of hydrogen-bond donors (Lipinski definition) is 0. The summed E-state index contributed by atoms with van der Waals surface area (Å²) in [6.07, 6.45) is 5.13. The van der Waals surface area contributed by atoms with E-state index in [1.54, 1.807) is 11.3 Å². The number of nitrogens with zero attached hydrogens (tertiary/aromatic N) is 2. The lowest BCUT2D eigenvalue weighted by Gasteiger charge is -1.94. The highest BCUT2D eigenvalue weighted by Crippen LogP contribution is 2.40. The molecule has 0 saturated heterocycles. The number of hydrogen-bond acceptors (Lipinski definition) is 3. The predicted molar refractivity (Wildman–Crippen MR) is 82.5 cm³/mol. The normalized spacial score (nSPS) is 13.7. The van der Waals surface area contributed by atoms with Gasteiger partial charge < -0.3 is 0 Å². The number of halogens is 1. The standard InChI is InChI=1S/C15H11BrN2S/c16-11-6-4-10(5-7-11)9-18-15-13(8-17)12-2-1-3-14(12)19-15/h4-7,9H,1-3H2. The molecule has 0 unspecified atom stereocenters. The van der Waals surface area contributed by atoms with Gasteiger partial charge in [0.05, 0.1) is 5.56 Å². The highest BCUT2D eigenvalue weighted by atomic mass is 79.9. The third kappa shape index (κ3) is 2.49. The van der Waals surface area contributed by atoms with Gasteiger partial charge in [0, 0.05) is 15.6 Å². The van der Waals surface area contributed by atoms with Gasteiger partial charge >= 0.3 is 0 Å². The highest BCUT2D eigenvalue weighted by molar-refractivity contribution is 9.10. The van der Waals surface area contributed by atoms with Gasteiger partial charge in [-0.1, -0.05) is 28.1 Å². The summed E-state index contributed by atoms with van der Waals surface area (Å²) in [4.78, 5) is 5.84. The Hall–Kier alpha value is -1.44. The molecule has 1 aliphatic rings. The van der Waals surface area contributed by atoms with E-state index in [4.69, 9.17) is 0 Å². The lowest BCUT2D eigenvalue weighted by atomic mass is 10.1. The summed E-state index contributed by atoms with van der Waals surface area (Å²) < 4.78 is 1.05. The predicted octanol–water partition coefficient (Wildman–Crippen LogP) is 4.62. The second-order valence-electron chi connectivity index (χ2n) is 4.46. The largest absolute Gasteiger partial charge is 0.244 e. The number of rotatable bonds is 2. The van der Waals surface area contributed by atoms with Crippen LogP contribution in [0, 0.1) is 11.3 Å². The van der Waals surface area contributed by atoms with Crippen molar-refractivity contribution in [1.29, 1.82) is 5.26 Å². The van der Waals surface area contributed by atoms with Crippen molar-refractivity contribution in [3.8, 4) is 6.07 Å². The van der Waals surface area contributed by atoms with E-state index >= 15 is 0 Å². The molecule has 0 aliphatic heterocycles. The SMILES string of the molecule is N#Cc1c(N=Cc2ccc(Br)cc2)sc2c1CCC2. The molecule has 2 aromatic rings. The van der Waals surface area contributed by atoms with Crippen molar-refractivity contribution < 1.29 is 0 Å². The molecule has 4 heteroatoms. The summed E-state index contributed by atoms with van der Waals surface area (Å²) in [5, 5.41) is 10.1. The molecule has 1 aromatic carbocycles. The second-order valence-corrected chi connectivity index (χ2v) is 6.46. The van der Waals surface area contributed by atoms with Crippen LogP contribution in [-0.4, -0.2) is 6.21 Å². The third-order valence-electron chi connectivity index (χ3n) is 3.22. The zero-order chi connectivity index (χ0) is 13.2. The van der Waals surface area contributed by atoms with Crippen LogP contribution in [0.15, 0.2) is 33.7 Å². The molecule has 3 rings (SSSR count). The van der Waals surface area contributed by atoms with Crippen LogP contribution in [0.1, 0.15) is 28.0 Å². The molecule has 1 heterocycles. The molecular weight excluding hydrogens is 320 g/mol.